The zero-order valence-electron chi connectivity index (χ0n) is 21.1. The minimum Gasteiger partial charge on any atom is -0.432 e. The largest absolute Gasteiger partial charge is 0.432 e. The Kier molecular flexibility index (Phi) is 6.69. The van der Waals surface area contributed by atoms with Crippen LogP contribution in [0.25, 0.3) is 11.2 Å². The number of hydrogen-bond acceptors (Lipinski definition) is 7. The predicted molar refractivity (Wildman–Crippen MR) is 133 cm³/mol. The monoisotopic (exact) mass is 479 g/mol. The smallest absolute Gasteiger partial charge is 0.192 e. The number of imidazole rings is 1. The van der Waals surface area contributed by atoms with E-state index in [0.29, 0.717) is 23.6 Å². The molecule has 0 amide bonds. The second-order valence-corrected chi connectivity index (χ2v) is 21.2. The molecule has 0 spiro atoms. The number of ether oxygens (including phenoxy) is 1. The summed E-state index contributed by atoms with van der Waals surface area (Å²) in [5.74, 6) is 0.630. The van der Waals surface area contributed by atoms with E-state index in [9.17, 15) is 4.80 Å². The number of fused-ring (bicyclic) bond motifs is 1. The fraction of sp³-hybridized carbons (Fsp3) is 0.773. The number of nitrogens with zero attached hydrogens (tertiary/aromatic N) is 4. The quantitative estimate of drug-likeness (QED) is 0.554. The van der Waals surface area contributed by atoms with Crippen LogP contribution in [0.15, 0.2) is 12.7 Å². The molecule has 1 fully saturated rings. The summed E-state index contributed by atoms with van der Waals surface area (Å²) in [6.45, 7) is 20.2. The number of aromatic nitrogens is 4. The van der Waals surface area contributed by atoms with Gasteiger partial charge in [0.2, 0.25) is 0 Å². The van der Waals surface area contributed by atoms with E-state index in [1.807, 2.05) is 17.7 Å². The van der Waals surface area contributed by atoms with Gasteiger partial charge in [0.25, 0.3) is 0 Å². The molecular formula is C22H41N5O3Si2. The third kappa shape index (κ3) is 4.94. The van der Waals surface area contributed by atoms with Crippen molar-refractivity contribution in [2.75, 3.05) is 12.3 Å². The van der Waals surface area contributed by atoms with Gasteiger partial charge >= 0.3 is 0 Å². The molecule has 0 bridgehead atoms. The van der Waals surface area contributed by atoms with Crippen molar-refractivity contribution in [2.24, 2.45) is 5.92 Å². The molecule has 1 saturated heterocycles. The Morgan fingerprint density at radius 2 is 1.81 bits per heavy atom. The first-order valence-corrected chi connectivity index (χ1v) is 17.3. The molecule has 1 aliphatic heterocycles. The van der Waals surface area contributed by atoms with E-state index in [1.54, 1.807) is 6.33 Å². The van der Waals surface area contributed by atoms with Crippen LogP contribution in [0.2, 0.25) is 36.3 Å². The number of nitrogens with two attached hydrogens (primary N) is 1. The number of anilines is 1. The zero-order chi connectivity index (χ0) is 24.1. The van der Waals surface area contributed by atoms with Crippen LogP contribution >= 0.6 is 0 Å². The van der Waals surface area contributed by atoms with Crippen LogP contribution in [0, 0.1) is 5.92 Å². The van der Waals surface area contributed by atoms with E-state index in [4.69, 9.17) is 14.9 Å². The van der Waals surface area contributed by atoms with Crippen LogP contribution in [0.4, 0.5) is 5.82 Å². The van der Waals surface area contributed by atoms with Gasteiger partial charge in [-0.1, -0.05) is 34.6 Å². The van der Waals surface area contributed by atoms with Gasteiger partial charge in [-0.15, -0.1) is 0 Å². The van der Waals surface area contributed by atoms with Crippen molar-refractivity contribution in [3.63, 3.8) is 0 Å². The molecule has 0 aliphatic carbocycles. The lowest BCUT2D eigenvalue weighted by Gasteiger charge is -2.39. The second kappa shape index (κ2) is 8.46. The van der Waals surface area contributed by atoms with E-state index in [0.717, 1.165) is 12.8 Å². The van der Waals surface area contributed by atoms with Crippen LogP contribution in [0.3, 0.4) is 0 Å². The molecule has 2 aromatic rings. The first kappa shape index (κ1) is 25.3. The average molecular weight is 480 g/mol. The minimum absolute atomic E-state index is 0.0543. The van der Waals surface area contributed by atoms with Crippen LogP contribution in [-0.4, -0.2) is 53.7 Å². The Labute approximate surface area is 194 Å². The Morgan fingerprint density at radius 3 is 2.41 bits per heavy atom. The summed E-state index contributed by atoms with van der Waals surface area (Å²) in [6, 6.07) is 0. The van der Waals surface area contributed by atoms with Crippen molar-refractivity contribution < 1.29 is 14.0 Å². The van der Waals surface area contributed by atoms with Gasteiger partial charge in [0.15, 0.2) is 28.1 Å². The predicted octanol–water partition coefficient (Wildman–Crippen LogP) is 4.70. The van der Waals surface area contributed by atoms with Gasteiger partial charge in [0, 0.05) is 0 Å². The van der Waals surface area contributed by atoms with Crippen LogP contribution in [-0.2, 0) is 9.16 Å². The van der Waals surface area contributed by atoms with Crippen LogP contribution in [0.1, 0.15) is 53.7 Å². The number of nitrogen functional groups attached to an aromatic ring is 1. The second-order valence-electron chi connectivity index (χ2n) is 11.9. The Morgan fingerprint density at radius 1 is 1.16 bits per heavy atom. The highest BCUT2D eigenvalue weighted by molar-refractivity contribution is 6.74. The molecule has 0 aromatic carbocycles. The van der Waals surface area contributed by atoms with E-state index in [-0.39, 0.29) is 28.3 Å². The molecule has 1 aliphatic rings. The van der Waals surface area contributed by atoms with Gasteiger partial charge in [-0.2, -0.15) is 0 Å². The van der Waals surface area contributed by atoms with Crippen molar-refractivity contribution in [1.82, 2.24) is 19.5 Å². The fourth-order valence-corrected chi connectivity index (χ4v) is 5.62. The van der Waals surface area contributed by atoms with Gasteiger partial charge in [0.1, 0.15) is 18.1 Å². The molecule has 2 aromatic heterocycles. The first-order chi connectivity index (χ1) is 14.5. The highest BCUT2D eigenvalue weighted by Gasteiger charge is 2.46. The van der Waals surface area contributed by atoms with Crippen LogP contribution < -0.4 is 5.73 Å². The topological polar surface area (TPSA) is 108 Å². The summed E-state index contributed by atoms with van der Waals surface area (Å²) in [7, 11) is -4.27. The summed E-state index contributed by atoms with van der Waals surface area (Å²) in [6.07, 6.45) is 4.64. The van der Waals surface area contributed by atoms with Gasteiger partial charge in [-0.3, -0.25) is 4.57 Å². The minimum atomic E-state index is -2.35. The molecule has 180 valence electrons. The van der Waals surface area contributed by atoms with Crippen molar-refractivity contribution in [3.8, 4) is 0 Å². The van der Waals surface area contributed by atoms with Crippen molar-refractivity contribution in [1.29, 1.82) is 0 Å². The molecule has 0 radical (unpaired) electrons. The van der Waals surface area contributed by atoms with Gasteiger partial charge < -0.3 is 19.7 Å². The first-order valence-electron chi connectivity index (χ1n) is 11.5. The lowest BCUT2D eigenvalue weighted by Crippen LogP contribution is -2.44. The normalized spacial score (nSPS) is 23.2. The third-order valence-electron chi connectivity index (χ3n) is 7.90. The third-order valence-corrected chi connectivity index (χ3v) is 15.9. The maximum absolute atomic E-state index is 10.9. The Hall–Kier alpha value is -1.34. The summed E-state index contributed by atoms with van der Waals surface area (Å²) in [4.78, 5) is 23.8. The zero-order valence-corrected chi connectivity index (χ0v) is 23.1. The number of hydrogen-bond donors (Lipinski definition) is 2. The fourth-order valence-electron chi connectivity index (χ4n) is 3.84. The van der Waals surface area contributed by atoms with Gasteiger partial charge in [-0.25, -0.2) is 15.0 Å². The van der Waals surface area contributed by atoms with Gasteiger partial charge in [0.05, 0.1) is 19.0 Å². The van der Waals surface area contributed by atoms with E-state index in [2.05, 4.69) is 62.7 Å². The molecule has 8 nitrogen and oxygen atoms in total. The SMILES string of the molecule is CC(C)(CC1C[C@H](n2cnc3c(N)ncnc32)O[C@@H]1CO[Si](C)(C)C(C)(C)C)[Si](C)(C)O. The average Bonchev–Trinajstić information content (AvgIpc) is 3.22. The van der Waals surface area contributed by atoms with Crippen molar-refractivity contribution in [2.45, 2.75) is 96.1 Å². The van der Waals surface area contributed by atoms with E-state index in [1.165, 1.54) is 6.33 Å². The maximum Gasteiger partial charge on any atom is 0.192 e. The van der Waals surface area contributed by atoms with E-state index >= 15 is 0 Å². The lowest BCUT2D eigenvalue weighted by atomic mass is 9.90. The molecule has 10 heteroatoms. The molecule has 3 heterocycles. The standard InChI is InChI=1S/C22H41N5O3Si2/c1-21(2,3)32(8,9)29-12-16-15(11-22(4,5)31(6,7)28)10-17(30-16)27-14-26-18-19(23)24-13-25-20(18)27/h13-17,28H,10-12H2,1-9H3,(H2,23,24,25)/t15?,16-,17-/m1/s1. The Bertz CT molecular complexity index is 949. The summed E-state index contributed by atoms with van der Waals surface area (Å²) in [5, 5.41) is -0.0104. The molecular weight excluding hydrogens is 438 g/mol. The van der Waals surface area contributed by atoms with Gasteiger partial charge in [-0.05, 0) is 55.0 Å². The maximum atomic E-state index is 10.9. The number of rotatable bonds is 7. The molecule has 0 saturated carbocycles. The molecule has 32 heavy (non-hydrogen) atoms. The summed E-state index contributed by atoms with van der Waals surface area (Å²) < 4.78 is 15.1. The molecule has 3 atom stereocenters. The van der Waals surface area contributed by atoms with E-state index < -0.39 is 16.6 Å². The Balaban J connectivity index is 1.87. The summed E-state index contributed by atoms with van der Waals surface area (Å²) >= 11 is 0. The molecule has 3 N–H and O–H groups in total. The molecule has 3 rings (SSSR count). The van der Waals surface area contributed by atoms with Crippen molar-refractivity contribution >= 4 is 33.6 Å². The molecule has 1 unspecified atom stereocenters. The highest BCUT2D eigenvalue weighted by Crippen LogP contribution is 2.48. The lowest BCUT2D eigenvalue weighted by molar-refractivity contribution is -0.0278. The van der Waals surface area contributed by atoms with Crippen molar-refractivity contribution in [3.05, 3.63) is 12.7 Å². The highest BCUT2D eigenvalue weighted by atomic mass is 28.4. The van der Waals surface area contributed by atoms with Crippen LogP contribution in [0.5, 0.6) is 0 Å². The summed E-state index contributed by atoms with van der Waals surface area (Å²) in [5.41, 5.74) is 7.26.